The summed E-state index contributed by atoms with van der Waals surface area (Å²) in [6.07, 6.45) is 0. The van der Waals surface area contributed by atoms with Crippen molar-refractivity contribution in [3.8, 4) is 0 Å². The lowest BCUT2D eigenvalue weighted by Crippen LogP contribution is -2.38. The van der Waals surface area contributed by atoms with E-state index in [1.54, 1.807) is 0 Å². The number of carbonyl (C=O) groups is 1. The third-order valence-corrected chi connectivity index (χ3v) is 3.29. The van der Waals surface area contributed by atoms with E-state index < -0.39 is 0 Å². The molecule has 0 radical (unpaired) electrons. The van der Waals surface area contributed by atoms with Gasteiger partial charge in [0.15, 0.2) is 0 Å². The van der Waals surface area contributed by atoms with Gasteiger partial charge < -0.3 is 10.6 Å². The van der Waals surface area contributed by atoms with E-state index in [9.17, 15) is 4.79 Å². The summed E-state index contributed by atoms with van der Waals surface area (Å²) in [5, 5.41) is 5.81. The Bertz CT molecular complexity index is 607. The summed E-state index contributed by atoms with van der Waals surface area (Å²) in [6, 6.07) is 15.8. The SMILES string of the molecule is Cc1ccccc1C1NC(=O)Nc2ccccc21. The van der Waals surface area contributed by atoms with Crippen molar-refractivity contribution < 1.29 is 4.79 Å². The van der Waals surface area contributed by atoms with Crippen LogP contribution in [-0.2, 0) is 0 Å². The van der Waals surface area contributed by atoms with E-state index >= 15 is 0 Å². The van der Waals surface area contributed by atoms with Gasteiger partial charge in [0, 0.05) is 11.3 Å². The van der Waals surface area contributed by atoms with Crippen LogP contribution in [0.4, 0.5) is 10.5 Å². The lowest BCUT2D eigenvalue weighted by atomic mass is 9.93. The Morgan fingerprint density at radius 2 is 1.61 bits per heavy atom. The van der Waals surface area contributed by atoms with Gasteiger partial charge in [-0.3, -0.25) is 0 Å². The number of anilines is 1. The molecule has 3 heteroatoms. The van der Waals surface area contributed by atoms with Crippen molar-refractivity contribution >= 4 is 11.7 Å². The summed E-state index contributed by atoms with van der Waals surface area (Å²) in [5.41, 5.74) is 4.31. The molecule has 1 atom stereocenters. The van der Waals surface area contributed by atoms with Crippen LogP contribution in [0.15, 0.2) is 48.5 Å². The number of urea groups is 1. The van der Waals surface area contributed by atoms with Crippen LogP contribution in [0.2, 0.25) is 0 Å². The summed E-state index contributed by atoms with van der Waals surface area (Å²) >= 11 is 0. The van der Waals surface area contributed by atoms with E-state index in [1.807, 2.05) is 36.4 Å². The van der Waals surface area contributed by atoms with Crippen LogP contribution in [-0.4, -0.2) is 6.03 Å². The van der Waals surface area contributed by atoms with Crippen molar-refractivity contribution in [3.05, 3.63) is 65.2 Å². The molecule has 0 spiro atoms. The molecule has 1 aliphatic heterocycles. The molecule has 1 unspecified atom stereocenters. The molecule has 90 valence electrons. The maximum atomic E-state index is 11.7. The second-order valence-corrected chi connectivity index (χ2v) is 4.48. The summed E-state index contributed by atoms with van der Waals surface area (Å²) in [5.74, 6) is 0. The Hall–Kier alpha value is -2.29. The smallest absolute Gasteiger partial charge is 0.320 e. The number of para-hydroxylation sites is 1. The molecular formula is C15H14N2O. The second-order valence-electron chi connectivity index (χ2n) is 4.48. The molecule has 2 amide bonds. The minimum Gasteiger partial charge on any atom is -0.327 e. The highest BCUT2D eigenvalue weighted by molar-refractivity contribution is 5.93. The zero-order valence-corrected chi connectivity index (χ0v) is 10.1. The van der Waals surface area contributed by atoms with Crippen LogP contribution in [0.25, 0.3) is 0 Å². The molecule has 0 saturated carbocycles. The molecule has 2 aromatic rings. The minimum absolute atomic E-state index is 0.0730. The Morgan fingerprint density at radius 1 is 0.944 bits per heavy atom. The quantitative estimate of drug-likeness (QED) is 0.787. The van der Waals surface area contributed by atoms with Gasteiger partial charge >= 0.3 is 6.03 Å². The van der Waals surface area contributed by atoms with E-state index in [0.29, 0.717) is 0 Å². The minimum atomic E-state index is -0.151. The highest BCUT2D eigenvalue weighted by Gasteiger charge is 2.25. The van der Waals surface area contributed by atoms with Crippen molar-refractivity contribution in [3.63, 3.8) is 0 Å². The number of fused-ring (bicyclic) bond motifs is 1. The Labute approximate surface area is 106 Å². The summed E-state index contributed by atoms with van der Waals surface area (Å²) in [6.45, 7) is 2.06. The van der Waals surface area contributed by atoms with E-state index in [-0.39, 0.29) is 12.1 Å². The molecule has 3 rings (SSSR count). The molecule has 1 heterocycles. The first-order valence-electron chi connectivity index (χ1n) is 5.97. The number of hydrogen-bond acceptors (Lipinski definition) is 1. The van der Waals surface area contributed by atoms with E-state index in [4.69, 9.17) is 0 Å². The number of rotatable bonds is 1. The van der Waals surface area contributed by atoms with Crippen LogP contribution in [0.1, 0.15) is 22.7 Å². The summed E-state index contributed by atoms with van der Waals surface area (Å²) in [4.78, 5) is 11.7. The van der Waals surface area contributed by atoms with Crippen molar-refractivity contribution in [1.29, 1.82) is 0 Å². The number of amides is 2. The Morgan fingerprint density at radius 3 is 2.39 bits per heavy atom. The van der Waals surface area contributed by atoms with E-state index in [2.05, 4.69) is 29.7 Å². The van der Waals surface area contributed by atoms with Gasteiger partial charge in [0.25, 0.3) is 0 Å². The average Bonchev–Trinajstić information content (AvgIpc) is 2.38. The summed E-state index contributed by atoms with van der Waals surface area (Å²) in [7, 11) is 0. The largest absolute Gasteiger partial charge is 0.327 e. The van der Waals surface area contributed by atoms with E-state index in [0.717, 1.165) is 16.8 Å². The Balaban J connectivity index is 2.13. The fourth-order valence-corrected chi connectivity index (χ4v) is 2.39. The van der Waals surface area contributed by atoms with Gasteiger partial charge in [-0.05, 0) is 24.1 Å². The molecule has 3 nitrogen and oxygen atoms in total. The van der Waals surface area contributed by atoms with Crippen LogP contribution < -0.4 is 10.6 Å². The van der Waals surface area contributed by atoms with Gasteiger partial charge in [0.2, 0.25) is 0 Å². The van der Waals surface area contributed by atoms with Crippen molar-refractivity contribution in [1.82, 2.24) is 5.32 Å². The van der Waals surface area contributed by atoms with E-state index in [1.165, 1.54) is 5.56 Å². The van der Waals surface area contributed by atoms with Crippen LogP contribution in [0.5, 0.6) is 0 Å². The lowest BCUT2D eigenvalue weighted by molar-refractivity contribution is 0.249. The van der Waals surface area contributed by atoms with Crippen LogP contribution in [0.3, 0.4) is 0 Å². The highest BCUT2D eigenvalue weighted by atomic mass is 16.2. The van der Waals surface area contributed by atoms with Crippen molar-refractivity contribution in [2.45, 2.75) is 13.0 Å². The number of benzene rings is 2. The molecule has 2 N–H and O–H groups in total. The second kappa shape index (κ2) is 4.18. The first-order chi connectivity index (χ1) is 8.75. The lowest BCUT2D eigenvalue weighted by Gasteiger charge is -2.28. The third kappa shape index (κ3) is 1.74. The predicted molar refractivity (Wildman–Crippen MR) is 71.6 cm³/mol. The number of aryl methyl sites for hydroxylation is 1. The monoisotopic (exact) mass is 238 g/mol. The van der Waals surface area contributed by atoms with Gasteiger partial charge in [0.05, 0.1) is 6.04 Å². The summed E-state index contributed by atoms with van der Waals surface area (Å²) < 4.78 is 0. The average molecular weight is 238 g/mol. The Kier molecular flexibility index (Phi) is 2.52. The molecule has 0 saturated heterocycles. The number of nitrogens with one attached hydrogen (secondary N) is 2. The fraction of sp³-hybridized carbons (Fsp3) is 0.133. The predicted octanol–water partition coefficient (Wildman–Crippen LogP) is 3.22. The molecule has 18 heavy (non-hydrogen) atoms. The molecular weight excluding hydrogens is 224 g/mol. The molecule has 1 aliphatic rings. The molecule has 0 aromatic heterocycles. The zero-order valence-electron chi connectivity index (χ0n) is 10.1. The van der Waals surface area contributed by atoms with Crippen molar-refractivity contribution in [2.75, 3.05) is 5.32 Å². The normalized spacial score (nSPS) is 17.6. The van der Waals surface area contributed by atoms with Gasteiger partial charge in [-0.1, -0.05) is 42.5 Å². The van der Waals surface area contributed by atoms with Gasteiger partial charge in [-0.15, -0.1) is 0 Å². The van der Waals surface area contributed by atoms with Gasteiger partial charge in [0.1, 0.15) is 0 Å². The maximum Gasteiger partial charge on any atom is 0.320 e. The first kappa shape index (κ1) is 10.8. The third-order valence-electron chi connectivity index (χ3n) is 3.29. The zero-order chi connectivity index (χ0) is 12.5. The van der Waals surface area contributed by atoms with Gasteiger partial charge in [-0.2, -0.15) is 0 Å². The van der Waals surface area contributed by atoms with Gasteiger partial charge in [-0.25, -0.2) is 4.79 Å². The maximum absolute atomic E-state index is 11.7. The molecule has 0 aliphatic carbocycles. The van der Waals surface area contributed by atoms with Crippen LogP contribution in [0, 0.1) is 6.92 Å². The number of carbonyl (C=O) groups excluding carboxylic acids is 1. The topological polar surface area (TPSA) is 41.1 Å². The standard InChI is InChI=1S/C15H14N2O/c1-10-6-2-3-7-11(10)14-12-8-4-5-9-13(12)16-15(18)17-14/h2-9,14H,1H3,(H2,16,17,18). The van der Waals surface area contributed by atoms with Crippen LogP contribution >= 0.6 is 0 Å². The highest BCUT2D eigenvalue weighted by Crippen LogP contribution is 2.32. The van der Waals surface area contributed by atoms with Crippen molar-refractivity contribution in [2.24, 2.45) is 0 Å². The fourth-order valence-electron chi connectivity index (χ4n) is 2.39. The first-order valence-corrected chi connectivity index (χ1v) is 5.97. The molecule has 0 fully saturated rings. The molecule has 0 bridgehead atoms. The molecule has 2 aromatic carbocycles. The number of hydrogen-bond donors (Lipinski definition) is 2.